The molecule has 10 nitrogen and oxygen atoms in total. The number of nitrogens with zero attached hydrogens (tertiary/aromatic N) is 5. The topological polar surface area (TPSA) is 135 Å². The van der Waals surface area contributed by atoms with E-state index in [2.05, 4.69) is 16.0 Å². The third kappa shape index (κ3) is 5.02. The highest BCUT2D eigenvalue weighted by Gasteiger charge is 2.43. The van der Waals surface area contributed by atoms with Crippen LogP contribution in [0.5, 0.6) is 0 Å². The standard InChI is InChI=1S/C29H28N6O4/c1-17-15-18(2)33-29(32-17)34(3)20-11-13-21(14-12-20)35-25(28(37)39-5)24(27(36)38-4)23(22(16-30)26(35)31)19-9-7-6-8-10-19/h6-15,23H,31H2,1-5H3. The highest BCUT2D eigenvalue weighted by Crippen LogP contribution is 2.43. The van der Waals surface area contributed by atoms with Crippen LogP contribution in [0.4, 0.5) is 17.3 Å². The first-order chi connectivity index (χ1) is 18.7. The van der Waals surface area contributed by atoms with Crippen LogP contribution < -0.4 is 15.5 Å². The van der Waals surface area contributed by atoms with Crippen LogP contribution in [0.15, 0.2) is 83.3 Å². The molecule has 1 atom stereocenters. The Hall–Kier alpha value is -5.17. The lowest BCUT2D eigenvalue weighted by Gasteiger charge is -2.36. The van der Waals surface area contributed by atoms with E-state index in [9.17, 15) is 14.9 Å². The van der Waals surface area contributed by atoms with Crippen molar-refractivity contribution in [2.24, 2.45) is 5.73 Å². The van der Waals surface area contributed by atoms with Crippen molar-refractivity contribution in [3.05, 3.63) is 100 Å². The first kappa shape index (κ1) is 26.9. The quantitative estimate of drug-likeness (QED) is 0.475. The highest BCUT2D eigenvalue weighted by molar-refractivity contribution is 6.06. The van der Waals surface area contributed by atoms with Crippen LogP contribution in [-0.2, 0) is 19.1 Å². The summed E-state index contributed by atoms with van der Waals surface area (Å²) < 4.78 is 10.2. The summed E-state index contributed by atoms with van der Waals surface area (Å²) in [6, 6.07) is 19.9. The minimum Gasteiger partial charge on any atom is -0.466 e. The van der Waals surface area contributed by atoms with E-state index in [1.54, 1.807) is 48.5 Å². The Morgan fingerprint density at radius 1 is 0.974 bits per heavy atom. The number of ether oxygens (including phenoxy) is 2. The number of benzene rings is 2. The third-order valence-corrected chi connectivity index (χ3v) is 6.38. The van der Waals surface area contributed by atoms with Gasteiger partial charge in [-0.3, -0.25) is 4.90 Å². The van der Waals surface area contributed by atoms with Gasteiger partial charge in [-0.2, -0.15) is 5.26 Å². The van der Waals surface area contributed by atoms with Gasteiger partial charge in [-0.25, -0.2) is 19.6 Å². The zero-order chi connectivity index (χ0) is 28.3. The largest absolute Gasteiger partial charge is 0.466 e. The van der Waals surface area contributed by atoms with Crippen molar-refractivity contribution in [1.82, 2.24) is 9.97 Å². The van der Waals surface area contributed by atoms with Crippen LogP contribution in [0.2, 0.25) is 0 Å². The predicted molar refractivity (Wildman–Crippen MR) is 146 cm³/mol. The number of aromatic nitrogens is 2. The molecule has 0 spiro atoms. The Bertz CT molecular complexity index is 1500. The van der Waals surface area contributed by atoms with E-state index in [1.165, 1.54) is 19.1 Å². The molecule has 0 amide bonds. The minimum atomic E-state index is -0.930. The number of aryl methyl sites for hydroxylation is 2. The monoisotopic (exact) mass is 524 g/mol. The molecule has 0 saturated heterocycles. The number of methoxy groups -OCH3 is 2. The molecule has 4 rings (SSSR count). The number of hydrogen-bond acceptors (Lipinski definition) is 10. The molecular formula is C29H28N6O4. The summed E-state index contributed by atoms with van der Waals surface area (Å²) in [5.74, 6) is -1.99. The lowest BCUT2D eigenvalue weighted by molar-refractivity contribution is -0.139. The predicted octanol–water partition coefficient (Wildman–Crippen LogP) is 3.76. The lowest BCUT2D eigenvalue weighted by atomic mass is 9.81. The van der Waals surface area contributed by atoms with Crippen molar-refractivity contribution < 1.29 is 19.1 Å². The summed E-state index contributed by atoms with van der Waals surface area (Å²) in [5.41, 5.74) is 9.96. The molecule has 0 aliphatic carbocycles. The third-order valence-electron chi connectivity index (χ3n) is 6.38. The number of allylic oxidation sites excluding steroid dienone is 1. The van der Waals surface area contributed by atoms with Gasteiger partial charge in [0.25, 0.3) is 0 Å². The van der Waals surface area contributed by atoms with Crippen LogP contribution in [-0.4, -0.2) is 43.2 Å². The van der Waals surface area contributed by atoms with Crippen LogP contribution in [0.25, 0.3) is 0 Å². The number of anilines is 3. The van der Waals surface area contributed by atoms with Crippen LogP contribution in [0, 0.1) is 25.2 Å². The van der Waals surface area contributed by atoms with Gasteiger partial charge in [-0.15, -0.1) is 0 Å². The van der Waals surface area contributed by atoms with Crippen molar-refractivity contribution >= 4 is 29.3 Å². The van der Waals surface area contributed by atoms with Gasteiger partial charge in [0, 0.05) is 29.8 Å². The number of carbonyl (C=O) groups is 2. The molecule has 10 heteroatoms. The molecule has 39 heavy (non-hydrogen) atoms. The number of rotatable bonds is 6. The van der Waals surface area contributed by atoms with Crippen LogP contribution >= 0.6 is 0 Å². The van der Waals surface area contributed by atoms with Gasteiger partial charge >= 0.3 is 11.9 Å². The maximum atomic E-state index is 13.2. The maximum absolute atomic E-state index is 13.2. The van der Waals surface area contributed by atoms with Crippen molar-refractivity contribution in [2.75, 3.05) is 31.1 Å². The summed E-state index contributed by atoms with van der Waals surface area (Å²) in [6.45, 7) is 3.80. The Kier molecular flexibility index (Phi) is 7.63. The van der Waals surface area contributed by atoms with E-state index >= 15 is 0 Å². The van der Waals surface area contributed by atoms with E-state index in [0.717, 1.165) is 17.1 Å². The maximum Gasteiger partial charge on any atom is 0.355 e. The molecule has 1 unspecified atom stereocenters. The smallest absolute Gasteiger partial charge is 0.355 e. The van der Waals surface area contributed by atoms with Gasteiger partial charge in [0.2, 0.25) is 5.95 Å². The normalized spacial score (nSPS) is 15.1. The van der Waals surface area contributed by atoms with Gasteiger partial charge in [0.1, 0.15) is 11.5 Å². The molecule has 3 aromatic rings. The SMILES string of the molecule is COC(=O)C1=C(C(=O)OC)N(c2ccc(N(C)c3nc(C)cc(C)n3)cc2)C(N)=C(C#N)C1c1ccccc1. The molecule has 2 N–H and O–H groups in total. The molecule has 1 aliphatic rings. The van der Waals surface area contributed by atoms with Gasteiger partial charge in [0.05, 0.1) is 37.4 Å². The molecule has 198 valence electrons. The van der Waals surface area contributed by atoms with E-state index in [0.29, 0.717) is 17.2 Å². The van der Waals surface area contributed by atoms with E-state index in [-0.39, 0.29) is 22.7 Å². The second-order valence-corrected chi connectivity index (χ2v) is 8.86. The summed E-state index contributed by atoms with van der Waals surface area (Å²) in [7, 11) is 4.26. The molecule has 2 aromatic carbocycles. The van der Waals surface area contributed by atoms with Crippen LogP contribution in [0.3, 0.4) is 0 Å². The Balaban J connectivity index is 1.88. The van der Waals surface area contributed by atoms with Crippen molar-refractivity contribution in [3.63, 3.8) is 0 Å². The van der Waals surface area contributed by atoms with Crippen molar-refractivity contribution in [3.8, 4) is 6.07 Å². The molecule has 0 fully saturated rings. The fourth-order valence-electron chi connectivity index (χ4n) is 4.58. The van der Waals surface area contributed by atoms with Gasteiger partial charge in [-0.05, 0) is 49.7 Å². The van der Waals surface area contributed by atoms with E-state index in [4.69, 9.17) is 15.2 Å². The minimum absolute atomic E-state index is 0.00171. The lowest BCUT2D eigenvalue weighted by Crippen LogP contribution is -2.40. The molecule has 0 radical (unpaired) electrons. The summed E-state index contributed by atoms with van der Waals surface area (Å²) in [4.78, 5) is 38.6. The zero-order valence-electron chi connectivity index (χ0n) is 22.3. The van der Waals surface area contributed by atoms with Gasteiger partial charge in [0.15, 0.2) is 0 Å². The second kappa shape index (κ2) is 11.1. The number of esters is 2. The summed E-state index contributed by atoms with van der Waals surface area (Å²) in [6.07, 6.45) is 0. The molecule has 1 aromatic heterocycles. The number of nitriles is 1. The highest BCUT2D eigenvalue weighted by atomic mass is 16.5. The summed E-state index contributed by atoms with van der Waals surface area (Å²) in [5, 5.41) is 10.2. The van der Waals surface area contributed by atoms with Gasteiger partial charge < -0.3 is 20.1 Å². The zero-order valence-corrected chi connectivity index (χ0v) is 22.3. The van der Waals surface area contributed by atoms with Crippen molar-refractivity contribution in [1.29, 1.82) is 5.26 Å². The molecular weight excluding hydrogens is 496 g/mol. The number of carbonyl (C=O) groups excluding carboxylic acids is 2. The molecule has 1 aliphatic heterocycles. The first-order valence-corrected chi connectivity index (χ1v) is 12.0. The molecule has 0 saturated carbocycles. The number of nitrogens with two attached hydrogens (primary N) is 1. The Labute approximate surface area is 226 Å². The second-order valence-electron chi connectivity index (χ2n) is 8.86. The fourth-order valence-corrected chi connectivity index (χ4v) is 4.58. The molecule has 0 bridgehead atoms. The van der Waals surface area contributed by atoms with Crippen LogP contribution in [0.1, 0.15) is 22.9 Å². The summed E-state index contributed by atoms with van der Waals surface area (Å²) >= 11 is 0. The van der Waals surface area contributed by atoms with Crippen molar-refractivity contribution in [2.45, 2.75) is 19.8 Å². The van der Waals surface area contributed by atoms with E-state index < -0.39 is 17.9 Å². The van der Waals surface area contributed by atoms with E-state index in [1.807, 2.05) is 37.9 Å². The fraction of sp³-hybridized carbons (Fsp3) is 0.207. The number of hydrogen-bond donors (Lipinski definition) is 1. The van der Waals surface area contributed by atoms with Gasteiger partial charge in [-0.1, -0.05) is 30.3 Å². The molecule has 2 heterocycles. The Morgan fingerprint density at radius 3 is 2.10 bits per heavy atom. The average Bonchev–Trinajstić information content (AvgIpc) is 2.95. The Morgan fingerprint density at radius 2 is 1.56 bits per heavy atom. The average molecular weight is 525 g/mol. The first-order valence-electron chi connectivity index (χ1n) is 12.0.